The van der Waals surface area contributed by atoms with E-state index >= 15 is 0 Å². The summed E-state index contributed by atoms with van der Waals surface area (Å²) in [7, 11) is 0. The van der Waals surface area contributed by atoms with Crippen LogP contribution in [0.2, 0.25) is 0 Å². The molecule has 0 bridgehead atoms. The number of aromatic nitrogens is 1. The summed E-state index contributed by atoms with van der Waals surface area (Å²) < 4.78 is 1.67. The molecule has 0 unspecified atom stereocenters. The Hall–Kier alpha value is -1.25. The van der Waals surface area contributed by atoms with E-state index in [-0.39, 0.29) is 17.7 Å². The first-order valence-corrected chi connectivity index (χ1v) is 4.90. The van der Waals surface area contributed by atoms with Crippen molar-refractivity contribution in [1.82, 2.24) is 0 Å². The van der Waals surface area contributed by atoms with Crippen molar-refractivity contribution in [2.24, 2.45) is 0 Å². The Bertz CT molecular complexity index is 332. The summed E-state index contributed by atoms with van der Waals surface area (Å²) in [5, 5.41) is 19.1. The lowest BCUT2D eigenvalue weighted by Gasteiger charge is -2.08. The zero-order valence-corrected chi connectivity index (χ0v) is 9.15. The fraction of sp³-hybridized carbons (Fsp3) is 0.545. The summed E-state index contributed by atoms with van der Waals surface area (Å²) >= 11 is 0. The van der Waals surface area contributed by atoms with Crippen LogP contribution in [-0.4, -0.2) is 10.2 Å². The molecular weight excluding hydrogens is 178 g/mol. The lowest BCUT2D eigenvalue weighted by molar-refractivity contribution is -0.722. The van der Waals surface area contributed by atoms with Gasteiger partial charge in [0.05, 0.1) is 0 Å². The van der Waals surface area contributed by atoms with Crippen LogP contribution in [0.15, 0.2) is 12.3 Å². The molecule has 0 aromatic carbocycles. The van der Waals surface area contributed by atoms with Crippen LogP contribution in [0.4, 0.5) is 0 Å². The van der Waals surface area contributed by atoms with Crippen LogP contribution < -0.4 is 4.57 Å². The molecule has 14 heavy (non-hydrogen) atoms. The smallest absolute Gasteiger partial charge is 0.408 e. The van der Waals surface area contributed by atoms with E-state index in [4.69, 9.17) is 0 Å². The van der Waals surface area contributed by atoms with E-state index in [1.807, 2.05) is 20.0 Å². The van der Waals surface area contributed by atoms with Crippen molar-refractivity contribution in [2.75, 3.05) is 0 Å². The van der Waals surface area contributed by atoms with Crippen LogP contribution in [0.1, 0.15) is 45.2 Å². The van der Waals surface area contributed by atoms with Crippen molar-refractivity contribution in [3.05, 3.63) is 17.8 Å². The van der Waals surface area contributed by atoms with Gasteiger partial charge in [-0.25, -0.2) is 0 Å². The summed E-state index contributed by atoms with van der Waals surface area (Å²) in [5.74, 6) is 0.223. The third kappa shape index (κ3) is 1.97. The highest BCUT2D eigenvalue weighted by Gasteiger charge is 2.20. The van der Waals surface area contributed by atoms with E-state index in [2.05, 4.69) is 13.8 Å². The molecule has 1 aromatic heterocycles. The van der Waals surface area contributed by atoms with Crippen LogP contribution in [-0.2, 0) is 0 Å². The summed E-state index contributed by atoms with van der Waals surface area (Å²) in [5.41, 5.74) is 1.02. The van der Waals surface area contributed by atoms with Crippen LogP contribution in [0, 0.1) is 0 Å². The fourth-order valence-corrected chi connectivity index (χ4v) is 1.32. The second-order valence-corrected chi connectivity index (χ2v) is 4.14. The molecule has 2 N–H and O–H groups in total. The molecule has 3 nitrogen and oxygen atoms in total. The molecule has 0 atom stereocenters. The molecule has 0 saturated carbocycles. The Morgan fingerprint density at radius 3 is 2.14 bits per heavy atom. The highest BCUT2D eigenvalue weighted by atomic mass is 16.3. The van der Waals surface area contributed by atoms with Crippen LogP contribution in [0.25, 0.3) is 0 Å². The number of aromatic hydroxyl groups is 2. The van der Waals surface area contributed by atoms with Gasteiger partial charge in [-0.3, -0.25) is 0 Å². The first-order valence-electron chi connectivity index (χ1n) is 4.90. The maximum absolute atomic E-state index is 9.59. The number of nitrogens with zero attached hydrogens (tertiary/aromatic N) is 1. The molecule has 1 aromatic rings. The first kappa shape index (κ1) is 10.8. The molecule has 0 aliphatic rings. The number of rotatable bonds is 2. The van der Waals surface area contributed by atoms with Gasteiger partial charge in [-0.1, -0.05) is 13.8 Å². The minimum absolute atomic E-state index is 0.0510. The Morgan fingerprint density at radius 1 is 1.14 bits per heavy atom. The van der Waals surface area contributed by atoms with Gasteiger partial charge in [0.1, 0.15) is 0 Å². The van der Waals surface area contributed by atoms with Gasteiger partial charge >= 0.3 is 5.88 Å². The van der Waals surface area contributed by atoms with Gasteiger partial charge in [0.15, 0.2) is 12.2 Å². The van der Waals surface area contributed by atoms with E-state index in [0.717, 1.165) is 5.56 Å². The van der Waals surface area contributed by atoms with E-state index in [0.29, 0.717) is 5.92 Å². The monoisotopic (exact) mass is 196 g/mol. The molecule has 0 radical (unpaired) electrons. The Labute approximate surface area is 84.6 Å². The summed E-state index contributed by atoms with van der Waals surface area (Å²) in [4.78, 5) is 0. The van der Waals surface area contributed by atoms with Crippen molar-refractivity contribution in [3.63, 3.8) is 0 Å². The summed E-state index contributed by atoms with van der Waals surface area (Å²) in [6.07, 6.45) is 1.88. The minimum Gasteiger partial charge on any atom is -0.500 e. The molecule has 0 saturated heterocycles. The van der Waals surface area contributed by atoms with E-state index in [9.17, 15) is 10.2 Å². The lowest BCUT2D eigenvalue weighted by atomic mass is 10.1. The van der Waals surface area contributed by atoms with E-state index in [1.165, 1.54) is 0 Å². The average Bonchev–Trinajstić information content (AvgIpc) is 2.08. The Balaban J connectivity index is 3.28. The van der Waals surface area contributed by atoms with Gasteiger partial charge in [-0.15, -0.1) is 0 Å². The Morgan fingerprint density at radius 2 is 1.71 bits per heavy atom. The highest BCUT2D eigenvalue weighted by Crippen LogP contribution is 2.25. The third-order valence-corrected chi connectivity index (χ3v) is 2.29. The third-order valence-electron chi connectivity index (χ3n) is 2.29. The highest BCUT2D eigenvalue weighted by molar-refractivity contribution is 5.31. The van der Waals surface area contributed by atoms with Crippen molar-refractivity contribution < 1.29 is 14.8 Å². The number of hydrogen-bond acceptors (Lipinski definition) is 2. The van der Waals surface area contributed by atoms with Crippen LogP contribution in [0.3, 0.4) is 0 Å². The van der Waals surface area contributed by atoms with Crippen molar-refractivity contribution in [3.8, 4) is 11.6 Å². The van der Waals surface area contributed by atoms with Crippen molar-refractivity contribution >= 4 is 0 Å². The van der Waals surface area contributed by atoms with Gasteiger partial charge in [-0.2, -0.15) is 4.57 Å². The number of pyridine rings is 1. The SMILES string of the molecule is CC(C)c1cc(O)c(O)[n+](C(C)C)c1. The average molecular weight is 196 g/mol. The molecule has 1 rings (SSSR count). The second-order valence-electron chi connectivity index (χ2n) is 4.14. The maximum atomic E-state index is 9.59. The molecule has 0 spiro atoms. The molecule has 1 heterocycles. The van der Waals surface area contributed by atoms with E-state index in [1.54, 1.807) is 10.6 Å². The normalized spacial score (nSPS) is 11.3. The fourth-order valence-electron chi connectivity index (χ4n) is 1.32. The molecule has 78 valence electrons. The summed E-state index contributed by atoms with van der Waals surface area (Å²) in [6.45, 7) is 8.03. The zero-order valence-electron chi connectivity index (χ0n) is 9.15. The zero-order chi connectivity index (χ0) is 10.9. The molecular formula is C11H18NO2+. The van der Waals surface area contributed by atoms with Gasteiger partial charge in [-0.05, 0) is 19.8 Å². The van der Waals surface area contributed by atoms with Gasteiger partial charge < -0.3 is 10.2 Å². The lowest BCUT2D eigenvalue weighted by Crippen LogP contribution is -2.36. The standard InChI is InChI=1S/C11H17NO2/c1-7(2)9-5-10(13)11(14)12(6-9)8(3)4/h5-8,13H,1-4H3/p+1. The Kier molecular flexibility index (Phi) is 2.99. The van der Waals surface area contributed by atoms with Crippen molar-refractivity contribution in [2.45, 2.75) is 39.7 Å². The predicted molar refractivity (Wildman–Crippen MR) is 54.4 cm³/mol. The van der Waals surface area contributed by atoms with Crippen LogP contribution in [0.5, 0.6) is 11.6 Å². The molecule has 0 fully saturated rings. The first-order chi connectivity index (χ1) is 6.43. The molecule has 3 heteroatoms. The van der Waals surface area contributed by atoms with E-state index < -0.39 is 0 Å². The van der Waals surface area contributed by atoms with Gasteiger partial charge in [0.2, 0.25) is 5.75 Å². The quantitative estimate of drug-likeness (QED) is 0.711. The maximum Gasteiger partial charge on any atom is 0.408 e. The van der Waals surface area contributed by atoms with Gasteiger partial charge in [0, 0.05) is 11.6 Å². The largest absolute Gasteiger partial charge is 0.500 e. The van der Waals surface area contributed by atoms with Crippen LogP contribution >= 0.6 is 0 Å². The topological polar surface area (TPSA) is 44.3 Å². The number of hydrogen-bond donors (Lipinski definition) is 2. The van der Waals surface area contributed by atoms with Crippen molar-refractivity contribution in [1.29, 1.82) is 0 Å². The van der Waals surface area contributed by atoms with Gasteiger partial charge in [0.25, 0.3) is 0 Å². The summed E-state index contributed by atoms with van der Waals surface area (Å²) in [6, 6.07) is 1.75. The predicted octanol–water partition coefficient (Wildman–Crippen LogP) is 2.09. The minimum atomic E-state index is -0.0654. The molecule has 0 aliphatic heterocycles. The second kappa shape index (κ2) is 3.86. The molecule has 0 amide bonds. The molecule has 0 aliphatic carbocycles.